The number of benzene rings is 2. The predicted octanol–water partition coefficient (Wildman–Crippen LogP) is 4.06. The summed E-state index contributed by atoms with van der Waals surface area (Å²) >= 11 is 1.67. The number of hydrogen-bond donors (Lipinski definition) is 1. The highest BCUT2D eigenvalue weighted by atomic mass is 32.2. The van der Waals surface area contributed by atoms with Gasteiger partial charge in [0, 0.05) is 53.2 Å². The van der Waals surface area contributed by atoms with Crippen LogP contribution in [0, 0.1) is 0 Å². The lowest BCUT2D eigenvalue weighted by Crippen LogP contribution is -2.40. The second-order valence-electron chi connectivity index (χ2n) is 8.58. The fraction of sp³-hybridized carbons (Fsp3) is 0.385. The zero-order chi connectivity index (χ0) is 24.2. The average molecular weight is 480 g/mol. The SMILES string of the molecule is C=Nc1c(SC2C[C@@H](N(C)C(=O)c3ccccc3C=O)CC2NC(=O)CC)ccc2c1CCO2. The van der Waals surface area contributed by atoms with Gasteiger partial charge in [-0.15, -0.1) is 11.8 Å². The summed E-state index contributed by atoms with van der Waals surface area (Å²) in [7, 11) is 1.77. The summed E-state index contributed by atoms with van der Waals surface area (Å²) in [5, 5.41) is 3.20. The van der Waals surface area contributed by atoms with Crippen LogP contribution in [0.15, 0.2) is 46.3 Å². The van der Waals surface area contributed by atoms with Crippen molar-refractivity contribution in [2.75, 3.05) is 13.7 Å². The highest BCUT2D eigenvalue weighted by molar-refractivity contribution is 8.00. The van der Waals surface area contributed by atoms with Crippen molar-refractivity contribution in [3.8, 4) is 5.75 Å². The molecule has 4 rings (SSSR count). The molecule has 1 heterocycles. The molecule has 0 saturated heterocycles. The Morgan fingerprint density at radius 2 is 2.06 bits per heavy atom. The molecule has 0 radical (unpaired) electrons. The van der Waals surface area contributed by atoms with Crippen molar-refractivity contribution < 1.29 is 19.1 Å². The summed E-state index contributed by atoms with van der Waals surface area (Å²) in [4.78, 5) is 43.9. The monoisotopic (exact) mass is 479 g/mol. The molecule has 2 amide bonds. The number of thioether (sulfide) groups is 1. The van der Waals surface area contributed by atoms with Crippen molar-refractivity contribution in [3.63, 3.8) is 0 Å². The van der Waals surface area contributed by atoms with E-state index in [0.29, 0.717) is 43.3 Å². The molecule has 0 spiro atoms. The number of carbonyl (C=O) groups is 3. The Labute approximate surface area is 204 Å². The number of ether oxygens (including phenoxy) is 1. The number of rotatable bonds is 8. The zero-order valence-electron chi connectivity index (χ0n) is 19.5. The minimum atomic E-state index is -0.193. The number of hydrogen-bond acceptors (Lipinski definition) is 6. The molecule has 8 heteroatoms. The van der Waals surface area contributed by atoms with Crippen LogP contribution in [0.1, 0.15) is 52.5 Å². The van der Waals surface area contributed by atoms with E-state index in [9.17, 15) is 14.4 Å². The molecule has 2 unspecified atom stereocenters. The number of nitrogens with zero attached hydrogens (tertiary/aromatic N) is 2. The van der Waals surface area contributed by atoms with Crippen molar-refractivity contribution in [2.45, 2.75) is 54.8 Å². The van der Waals surface area contributed by atoms with Crippen molar-refractivity contribution in [1.82, 2.24) is 10.2 Å². The molecule has 3 atom stereocenters. The third-order valence-electron chi connectivity index (χ3n) is 6.58. The fourth-order valence-corrected chi connectivity index (χ4v) is 6.13. The van der Waals surface area contributed by atoms with Crippen LogP contribution in [0.4, 0.5) is 5.69 Å². The summed E-state index contributed by atoms with van der Waals surface area (Å²) < 4.78 is 5.67. The van der Waals surface area contributed by atoms with Gasteiger partial charge in [-0.2, -0.15) is 0 Å². The molecule has 1 aliphatic heterocycles. The van der Waals surface area contributed by atoms with Gasteiger partial charge in [0.15, 0.2) is 6.29 Å². The van der Waals surface area contributed by atoms with Gasteiger partial charge in [0.1, 0.15) is 5.75 Å². The summed E-state index contributed by atoms with van der Waals surface area (Å²) in [6, 6.07) is 10.6. The van der Waals surface area contributed by atoms with E-state index in [1.165, 1.54) is 0 Å². The normalized spacial score (nSPS) is 20.8. The van der Waals surface area contributed by atoms with Gasteiger partial charge in [-0.1, -0.05) is 25.1 Å². The molecular weight excluding hydrogens is 450 g/mol. The van der Waals surface area contributed by atoms with E-state index >= 15 is 0 Å². The third-order valence-corrected chi connectivity index (χ3v) is 7.99. The molecule has 1 saturated carbocycles. The van der Waals surface area contributed by atoms with E-state index in [1.54, 1.807) is 48.0 Å². The number of carbonyl (C=O) groups excluding carboxylic acids is 3. The van der Waals surface area contributed by atoms with Crippen molar-refractivity contribution in [3.05, 3.63) is 53.1 Å². The first kappa shape index (κ1) is 24.0. The second-order valence-corrected chi connectivity index (χ2v) is 9.86. The highest BCUT2D eigenvalue weighted by Crippen LogP contribution is 2.45. The van der Waals surface area contributed by atoms with Gasteiger partial charge < -0.3 is 15.0 Å². The Balaban J connectivity index is 1.57. The summed E-state index contributed by atoms with van der Waals surface area (Å²) in [5.74, 6) is 0.647. The standard InChI is InChI=1S/C26H29N3O4S/c1-4-24(31)28-20-13-17(29(3)26(32)18-8-6-5-7-16(18)15-30)14-23(20)34-22-10-9-21-19(11-12-33-21)25(22)27-2/h5-10,15,17,20,23H,2,4,11-14H2,1,3H3,(H,28,31)/t17-,20?,23?/m0/s1. The quantitative estimate of drug-likeness (QED) is 0.456. The van der Waals surface area contributed by atoms with Crippen LogP contribution in [0.25, 0.3) is 0 Å². The Hall–Kier alpha value is -3.13. The van der Waals surface area contributed by atoms with Crippen LogP contribution < -0.4 is 10.1 Å². The first-order valence-corrected chi connectivity index (χ1v) is 12.4. The molecule has 178 valence electrons. The van der Waals surface area contributed by atoms with E-state index in [-0.39, 0.29) is 29.1 Å². The molecule has 7 nitrogen and oxygen atoms in total. The van der Waals surface area contributed by atoms with E-state index in [4.69, 9.17) is 4.74 Å². The molecule has 1 N–H and O–H groups in total. The maximum Gasteiger partial charge on any atom is 0.254 e. The maximum absolute atomic E-state index is 13.2. The molecular formula is C26H29N3O4S. The van der Waals surface area contributed by atoms with E-state index < -0.39 is 0 Å². The topological polar surface area (TPSA) is 88.1 Å². The molecule has 1 aliphatic carbocycles. The summed E-state index contributed by atoms with van der Waals surface area (Å²) in [6.07, 6.45) is 3.25. The lowest BCUT2D eigenvalue weighted by atomic mass is 10.1. The Morgan fingerprint density at radius 1 is 1.26 bits per heavy atom. The first-order chi connectivity index (χ1) is 16.5. The number of aldehydes is 1. The van der Waals surface area contributed by atoms with Crippen LogP contribution in [-0.2, 0) is 11.2 Å². The highest BCUT2D eigenvalue weighted by Gasteiger charge is 2.39. The molecule has 1 fully saturated rings. The van der Waals surface area contributed by atoms with Gasteiger partial charge in [0.25, 0.3) is 5.91 Å². The van der Waals surface area contributed by atoms with Crippen LogP contribution in [0.5, 0.6) is 5.75 Å². The molecule has 0 aromatic heterocycles. The van der Waals surface area contributed by atoms with E-state index in [0.717, 1.165) is 28.3 Å². The third kappa shape index (κ3) is 4.73. The largest absolute Gasteiger partial charge is 0.493 e. The molecule has 34 heavy (non-hydrogen) atoms. The molecule has 2 aromatic rings. The molecule has 0 bridgehead atoms. The first-order valence-electron chi connectivity index (χ1n) is 11.5. The van der Waals surface area contributed by atoms with Crippen molar-refractivity contribution >= 4 is 42.3 Å². The van der Waals surface area contributed by atoms with Crippen LogP contribution in [0.3, 0.4) is 0 Å². The van der Waals surface area contributed by atoms with Gasteiger partial charge in [0.2, 0.25) is 5.91 Å². The number of amides is 2. The van der Waals surface area contributed by atoms with E-state index in [1.807, 2.05) is 19.1 Å². The van der Waals surface area contributed by atoms with Crippen molar-refractivity contribution in [1.29, 1.82) is 0 Å². The van der Waals surface area contributed by atoms with Gasteiger partial charge in [0.05, 0.1) is 17.9 Å². The second kappa shape index (κ2) is 10.4. The van der Waals surface area contributed by atoms with Gasteiger partial charge in [-0.05, 0) is 37.8 Å². The minimum Gasteiger partial charge on any atom is -0.493 e. The van der Waals surface area contributed by atoms with Gasteiger partial charge >= 0.3 is 0 Å². The number of nitrogens with one attached hydrogen (secondary N) is 1. The lowest BCUT2D eigenvalue weighted by Gasteiger charge is -2.25. The Bertz CT molecular complexity index is 1120. The summed E-state index contributed by atoms with van der Waals surface area (Å²) in [6.45, 7) is 6.24. The summed E-state index contributed by atoms with van der Waals surface area (Å²) in [5.41, 5.74) is 2.68. The minimum absolute atomic E-state index is 0.0130. The Kier molecular flexibility index (Phi) is 7.36. The lowest BCUT2D eigenvalue weighted by molar-refractivity contribution is -0.121. The van der Waals surface area contributed by atoms with Crippen LogP contribution in [0.2, 0.25) is 0 Å². The van der Waals surface area contributed by atoms with Gasteiger partial charge in [-0.3, -0.25) is 19.4 Å². The van der Waals surface area contributed by atoms with Crippen LogP contribution >= 0.6 is 11.8 Å². The number of aliphatic imine (C=N–C) groups is 1. The Morgan fingerprint density at radius 3 is 2.79 bits per heavy atom. The average Bonchev–Trinajstić information content (AvgIpc) is 3.50. The van der Waals surface area contributed by atoms with Crippen LogP contribution in [-0.4, -0.2) is 60.7 Å². The molecule has 2 aromatic carbocycles. The molecule has 2 aliphatic rings. The van der Waals surface area contributed by atoms with E-state index in [2.05, 4.69) is 17.0 Å². The van der Waals surface area contributed by atoms with Crippen molar-refractivity contribution in [2.24, 2.45) is 4.99 Å². The maximum atomic E-state index is 13.2. The predicted molar refractivity (Wildman–Crippen MR) is 134 cm³/mol. The van der Waals surface area contributed by atoms with Gasteiger partial charge in [-0.25, -0.2) is 0 Å². The smallest absolute Gasteiger partial charge is 0.254 e. The zero-order valence-corrected chi connectivity index (χ0v) is 20.3. The fourth-order valence-electron chi connectivity index (χ4n) is 4.70. The number of fused-ring (bicyclic) bond motifs is 1.